The lowest BCUT2D eigenvalue weighted by Crippen LogP contribution is -2.47. The van der Waals surface area contributed by atoms with Gasteiger partial charge in [0, 0.05) is 25.3 Å². The Hall–Kier alpha value is -2.74. The molecule has 1 N–H and O–H groups in total. The van der Waals surface area contributed by atoms with Gasteiger partial charge in [-0.25, -0.2) is 8.42 Å². The van der Waals surface area contributed by atoms with Crippen molar-refractivity contribution in [3.63, 3.8) is 0 Å². The fourth-order valence-electron chi connectivity index (χ4n) is 3.29. The molecular weight excluding hydrogens is 402 g/mol. The van der Waals surface area contributed by atoms with Crippen molar-refractivity contribution in [3.8, 4) is 5.75 Å². The Labute approximate surface area is 179 Å². The maximum Gasteiger partial charge on any atom is 0.243 e. The van der Waals surface area contributed by atoms with Gasteiger partial charge in [-0.05, 0) is 62.7 Å². The lowest BCUT2D eigenvalue weighted by Gasteiger charge is -2.28. The quantitative estimate of drug-likeness (QED) is 0.623. The number of amides is 1. The van der Waals surface area contributed by atoms with E-state index in [1.165, 1.54) is 7.11 Å². The molecule has 0 saturated carbocycles. The summed E-state index contributed by atoms with van der Waals surface area (Å²) in [6.45, 7) is 7.96. The largest absolute Gasteiger partial charge is 0.497 e. The number of hydrogen-bond donors (Lipinski definition) is 1. The van der Waals surface area contributed by atoms with Gasteiger partial charge in [-0.15, -0.1) is 0 Å². The van der Waals surface area contributed by atoms with Crippen molar-refractivity contribution < 1.29 is 17.9 Å². The molecule has 0 fully saturated rings. The molecule has 2 aromatic carbocycles. The molecular formula is C22H31N3O4S. The molecule has 8 heteroatoms. The van der Waals surface area contributed by atoms with Crippen LogP contribution in [-0.4, -0.2) is 46.8 Å². The molecule has 0 aromatic heterocycles. The number of nitrogens with zero attached hydrogens (tertiary/aromatic N) is 2. The van der Waals surface area contributed by atoms with Crippen LogP contribution < -0.4 is 19.3 Å². The van der Waals surface area contributed by atoms with Gasteiger partial charge in [-0.2, -0.15) is 0 Å². The van der Waals surface area contributed by atoms with Crippen LogP contribution in [-0.2, 0) is 21.4 Å². The van der Waals surface area contributed by atoms with E-state index >= 15 is 0 Å². The lowest BCUT2D eigenvalue weighted by molar-refractivity contribution is -0.122. The number of sulfonamides is 1. The van der Waals surface area contributed by atoms with Crippen LogP contribution in [0.4, 0.5) is 11.4 Å². The molecule has 164 valence electrons. The molecule has 2 aromatic rings. The van der Waals surface area contributed by atoms with Gasteiger partial charge in [0.15, 0.2) is 0 Å². The van der Waals surface area contributed by atoms with Crippen LogP contribution in [0.15, 0.2) is 48.5 Å². The van der Waals surface area contributed by atoms with E-state index < -0.39 is 16.1 Å². The molecule has 0 aliphatic rings. The second-order valence-corrected chi connectivity index (χ2v) is 8.85. The minimum atomic E-state index is -3.66. The predicted octanol–water partition coefficient (Wildman–Crippen LogP) is 3.01. The number of anilines is 2. The van der Waals surface area contributed by atoms with Crippen molar-refractivity contribution in [1.82, 2.24) is 5.32 Å². The van der Waals surface area contributed by atoms with Crippen molar-refractivity contribution in [2.75, 3.05) is 35.7 Å². The van der Waals surface area contributed by atoms with Gasteiger partial charge < -0.3 is 15.0 Å². The molecule has 2 rings (SSSR count). The monoisotopic (exact) mass is 433 g/mol. The first-order chi connectivity index (χ1) is 14.2. The zero-order chi connectivity index (χ0) is 22.3. The molecule has 0 aliphatic carbocycles. The Bertz CT molecular complexity index is 924. The molecule has 0 spiro atoms. The van der Waals surface area contributed by atoms with E-state index in [2.05, 4.69) is 24.1 Å². The normalized spacial score (nSPS) is 12.2. The van der Waals surface area contributed by atoms with E-state index in [1.54, 1.807) is 31.2 Å². The summed E-state index contributed by atoms with van der Waals surface area (Å²) < 4.78 is 31.0. The molecule has 0 saturated heterocycles. The van der Waals surface area contributed by atoms with Gasteiger partial charge in [0.1, 0.15) is 11.8 Å². The third kappa shape index (κ3) is 5.89. The summed E-state index contributed by atoms with van der Waals surface area (Å²) in [6.07, 6.45) is 1.09. The molecule has 0 unspecified atom stereocenters. The van der Waals surface area contributed by atoms with Gasteiger partial charge >= 0.3 is 0 Å². The topological polar surface area (TPSA) is 79.0 Å². The van der Waals surface area contributed by atoms with Crippen LogP contribution in [0.3, 0.4) is 0 Å². The SMILES string of the molecule is CCN(CC)c1ccc(CNC(=O)[C@H](C)N(c2ccc(OC)cc2)S(C)(=O)=O)cc1. The number of ether oxygens (including phenoxy) is 1. The van der Waals surface area contributed by atoms with Crippen LogP contribution >= 0.6 is 0 Å². The maximum atomic E-state index is 12.7. The number of carbonyl (C=O) groups is 1. The molecule has 0 aliphatic heterocycles. The van der Waals surface area contributed by atoms with E-state index in [4.69, 9.17) is 4.74 Å². The molecule has 0 bridgehead atoms. The average Bonchev–Trinajstić information content (AvgIpc) is 2.73. The highest BCUT2D eigenvalue weighted by Gasteiger charge is 2.29. The van der Waals surface area contributed by atoms with Crippen molar-refractivity contribution in [3.05, 3.63) is 54.1 Å². The van der Waals surface area contributed by atoms with Crippen LogP contribution in [0.5, 0.6) is 5.75 Å². The van der Waals surface area contributed by atoms with E-state index in [-0.39, 0.29) is 5.91 Å². The second kappa shape index (κ2) is 10.3. The van der Waals surface area contributed by atoms with Crippen LogP contribution in [0.1, 0.15) is 26.3 Å². The summed E-state index contributed by atoms with van der Waals surface area (Å²) in [6, 6.07) is 13.7. The summed E-state index contributed by atoms with van der Waals surface area (Å²) >= 11 is 0. The Morgan fingerprint density at radius 3 is 2.00 bits per heavy atom. The van der Waals surface area contributed by atoms with E-state index in [0.29, 0.717) is 18.0 Å². The minimum absolute atomic E-state index is 0.321. The number of carbonyl (C=O) groups excluding carboxylic acids is 1. The van der Waals surface area contributed by atoms with E-state index in [9.17, 15) is 13.2 Å². The van der Waals surface area contributed by atoms with Crippen molar-refractivity contribution in [1.29, 1.82) is 0 Å². The van der Waals surface area contributed by atoms with Gasteiger partial charge in [0.2, 0.25) is 15.9 Å². The number of rotatable bonds is 10. The standard InChI is InChI=1S/C22H31N3O4S/c1-6-24(7-2)19-10-8-18(9-11-19)16-23-22(26)17(3)25(30(5,27)28)20-12-14-21(29-4)15-13-20/h8-15,17H,6-7,16H2,1-5H3,(H,23,26)/t17-/m0/s1. The van der Waals surface area contributed by atoms with Gasteiger partial charge in [-0.1, -0.05) is 12.1 Å². The van der Waals surface area contributed by atoms with Gasteiger partial charge in [0.05, 0.1) is 19.1 Å². The van der Waals surface area contributed by atoms with Crippen LogP contribution in [0.2, 0.25) is 0 Å². The summed E-state index contributed by atoms with van der Waals surface area (Å²) in [5.41, 5.74) is 2.48. The first-order valence-electron chi connectivity index (χ1n) is 9.96. The Morgan fingerprint density at radius 1 is 1.00 bits per heavy atom. The lowest BCUT2D eigenvalue weighted by atomic mass is 10.2. The first-order valence-corrected chi connectivity index (χ1v) is 11.8. The van der Waals surface area contributed by atoms with E-state index in [0.717, 1.165) is 34.9 Å². The molecule has 1 atom stereocenters. The molecule has 30 heavy (non-hydrogen) atoms. The highest BCUT2D eigenvalue weighted by atomic mass is 32.2. The van der Waals surface area contributed by atoms with E-state index in [1.807, 2.05) is 24.3 Å². The molecule has 1 amide bonds. The zero-order valence-electron chi connectivity index (χ0n) is 18.3. The maximum absolute atomic E-state index is 12.7. The summed E-state index contributed by atoms with van der Waals surface area (Å²) in [7, 11) is -2.12. The summed E-state index contributed by atoms with van der Waals surface area (Å²) in [5, 5.41) is 2.84. The fraction of sp³-hybridized carbons (Fsp3) is 0.409. The smallest absolute Gasteiger partial charge is 0.243 e. The average molecular weight is 434 g/mol. The number of methoxy groups -OCH3 is 1. The highest BCUT2D eigenvalue weighted by molar-refractivity contribution is 7.92. The first kappa shape index (κ1) is 23.5. The Morgan fingerprint density at radius 2 is 1.53 bits per heavy atom. The van der Waals surface area contributed by atoms with Crippen molar-refractivity contribution in [2.24, 2.45) is 0 Å². The molecule has 0 radical (unpaired) electrons. The number of hydrogen-bond acceptors (Lipinski definition) is 5. The number of nitrogens with one attached hydrogen (secondary N) is 1. The second-order valence-electron chi connectivity index (χ2n) is 6.99. The predicted molar refractivity (Wildman–Crippen MR) is 122 cm³/mol. The summed E-state index contributed by atoms with van der Waals surface area (Å²) in [5.74, 6) is 0.238. The number of benzene rings is 2. The third-order valence-electron chi connectivity index (χ3n) is 4.95. The Kier molecular flexibility index (Phi) is 8.11. The Balaban J connectivity index is 2.10. The van der Waals surface area contributed by atoms with Crippen molar-refractivity contribution in [2.45, 2.75) is 33.4 Å². The minimum Gasteiger partial charge on any atom is -0.497 e. The van der Waals surface area contributed by atoms with Crippen LogP contribution in [0.25, 0.3) is 0 Å². The zero-order valence-corrected chi connectivity index (χ0v) is 19.1. The summed E-state index contributed by atoms with van der Waals surface area (Å²) in [4.78, 5) is 15.0. The van der Waals surface area contributed by atoms with Gasteiger partial charge in [-0.3, -0.25) is 9.10 Å². The highest BCUT2D eigenvalue weighted by Crippen LogP contribution is 2.24. The van der Waals surface area contributed by atoms with Crippen LogP contribution in [0, 0.1) is 0 Å². The molecule has 7 nitrogen and oxygen atoms in total. The third-order valence-corrected chi connectivity index (χ3v) is 6.19. The fourth-order valence-corrected chi connectivity index (χ4v) is 4.46. The van der Waals surface area contributed by atoms with Crippen molar-refractivity contribution >= 4 is 27.3 Å². The van der Waals surface area contributed by atoms with Gasteiger partial charge in [0.25, 0.3) is 0 Å². The molecule has 0 heterocycles.